The second-order valence-electron chi connectivity index (χ2n) is 4.22. The molecule has 0 atom stereocenters. The molecular weight excluding hydrogens is 186 g/mol. The summed E-state index contributed by atoms with van der Waals surface area (Å²) in [7, 11) is 3.79. The Hall–Kier alpha value is -0.860. The smallest absolute Gasteiger partial charge is 0.0986 e. The van der Waals surface area contributed by atoms with E-state index in [-0.39, 0.29) is 0 Å². The van der Waals surface area contributed by atoms with Gasteiger partial charge in [0.05, 0.1) is 6.73 Å². The van der Waals surface area contributed by atoms with E-state index >= 15 is 0 Å². The lowest BCUT2D eigenvalue weighted by molar-refractivity contribution is 0.0770. The van der Waals surface area contributed by atoms with Gasteiger partial charge in [-0.2, -0.15) is 0 Å². The Morgan fingerprint density at radius 2 is 1.80 bits per heavy atom. The van der Waals surface area contributed by atoms with Crippen LogP contribution in [0, 0.1) is 20.8 Å². The maximum Gasteiger partial charge on any atom is 0.0986 e. The highest BCUT2D eigenvalue weighted by Crippen LogP contribution is 2.18. The van der Waals surface area contributed by atoms with Crippen molar-refractivity contribution in [2.45, 2.75) is 27.3 Å². The summed E-state index contributed by atoms with van der Waals surface area (Å²) < 4.78 is 5.10. The Kier molecular flexibility index (Phi) is 4.30. The van der Waals surface area contributed by atoms with Gasteiger partial charge in [0.2, 0.25) is 0 Å². The van der Waals surface area contributed by atoms with E-state index in [0.717, 1.165) is 6.54 Å². The number of aryl methyl sites for hydroxylation is 1. The highest BCUT2D eigenvalue weighted by Gasteiger charge is 2.05. The largest absolute Gasteiger partial charge is 0.369 e. The van der Waals surface area contributed by atoms with E-state index in [1.54, 1.807) is 7.11 Å². The van der Waals surface area contributed by atoms with E-state index < -0.39 is 0 Å². The lowest BCUT2D eigenvalue weighted by Gasteiger charge is -2.18. The zero-order valence-electron chi connectivity index (χ0n) is 10.4. The number of nitrogens with zero attached hydrogens (tertiary/aromatic N) is 1. The van der Waals surface area contributed by atoms with Crippen LogP contribution >= 0.6 is 0 Å². The zero-order valence-corrected chi connectivity index (χ0v) is 10.4. The van der Waals surface area contributed by atoms with Crippen LogP contribution in [0.4, 0.5) is 0 Å². The Bertz CT molecular complexity index is 334. The van der Waals surface area contributed by atoms with Crippen LogP contribution in [-0.4, -0.2) is 25.8 Å². The van der Waals surface area contributed by atoms with Crippen molar-refractivity contribution in [3.63, 3.8) is 0 Å². The molecule has 0 saturated carbocycles. The third-order valence-corrected chi connectivity index (χ3v) is 2.96. The van der Waals surface area contributed by atoms with Crippen molar-refractivity contribution in [2.24, 2.45) is 0 Å². The van der Waals surface area contributed by atoms with E-state index in [9.17, 15) is 0 Å². The molecule has 0 aliphatic rings. The minimum Gasteiger partial charge on any atom is -0.369 e. The highest BCUT2D eigenvalue weighted by atomic mass is 16.5. The van der Waals surface area contributed by atoms with Gasteiger partial charge in [-0.15, -0.1) is 0 Å². The van der Waals surface area contributed by atoms with Crippen LogP contribution in [0.15, 0.2) is 12.1 Å². The minimum atomic E-state index is 0.673. The molecule has 0 fully saturated rings. The molecule has 1 rings (SSSR count). The fourth-order valence-corrected chi connectivity index (χ4v) is 1.74. The van der Waals surface area contributed by atoms with Gasteiger partial charge in [-0.3, -0.25) is 4.90 Å². The topological polar surface area (TPSA) is 12.5 Å². The van der Waals surface area contributed by atoms with Crippen molar-refractivity contribution in [3.05, 3.63) is 34.4 Å². The maximum absolute atomic E-state index is 5.10. The quantitative estimate of drug-likeness (QED) is 0.704. The summed E-state index contributed by atoms with van der Waals surface area (Å²) >= 11 is 0. The third kappa shape index (κ3) is 3.05. The maximum atomic E-state index is 5.10. The van der Waals surface area contributed by atoms with Crippen LogP contribution in [0.1, 0.15) is 22.3 Å². The van der Waals surface area contributed by atoms with Crippen LogP contribution in [0.25, 0.3) is 0 Å². The van der Waals surface area contributed by atoms with Crippen molar-refractivity contribution >= 4 is 0 Å². The summed E-state index contributed by atoms with van der Waals surface area (Å²) in [6.45, 7) is 8.15. The average Bonchev–Trinajstić information content (AvgIpc) is 2.20. The molecule has 2 heteroatoms. The Morgan fingerprint density at radius 3 is 2.40 bits per heavy atom. The first-order valence-corrected chi connectivity index (χ1v) is 5.29. The molecule has 1 aromatic carbocycles. The van der Waals surface area contributed by atoms with Gasteiger partial charge < -0.3 is 4.74 Å². The Balaban J connectivity index is 2.82. The van der Waals surface area contributed by atoms with Crippen LogP contribution in [0.3, 0.4) is 0 Å². The molecule has 0 N–H and O–H groups in total. The molecule has 15 heavy (non-hydrogen) atoms. The molecule has 1 aromatic rings. The van der Waals surface area contributed by atoms with Gasteiger partial charge >= 0.3 is 0 Å². The van der Waals surface area contributed by atoms with Gasteiger partial charge in [-0.05, 0) is 50.1 Å². The highest BCUT2D eigenvalue weighted by molar-refractivity contribution is 5.38. The molecule has 0 aliphatic carbocycles. The summed E-state index contributed by atoms with van der Waals surface area (Å²) in [6.07, 6.45) is 0. The van der Waals surface area contributed by atoms with Crippen molar-refractivity contribution in [3.8, 4) is 0 Å². The molecule has 0 spiro atoms. The summed E-state index contributed by atoms with van der Waals surface area (Å²) in [5, 5.41) is 0. The molecule has 0 aliphatic heterocycles. The van der Waals surface area contributed by atoms with E-state index in [1.165, 1.54) is 22.3 Å². The van der Waals surface area contributed by atoms with E-state index in [4.69, 9.17) is 4.74 Å². The molecule has 84 valence electrons. The average molecular weight is 207 g/mol. The standard InChI is InChI=1S/C13H21NO/c1-10-6-7-13(12(3)11(10)2)8-14(4)9-15-5/h6-7H,8-9H2,1-5H3. The van der Waals surface area contributed by atoms with Crippen LogP contribution in [-0.2, 0) is 11.3 Å². The molecule has 2 nitrogen and oxygen atoms in total. The van der Waals surface area contributed by atoms with Gasteiger partial charge in [-0.25, -0.2) is 0 Å². The fraction of sp³-hybridized carbons (Fsp3) is 0.538. The zero-order chi connectivity index (χ0) is 11.4. The van der Waals surface area contributed by atoms with Crippen LogP contribution < -0.4 is 0 Å². The predicted molar refractivity (Wildman–Crippen MR) is 64.0 cm³/mol. The van der Waals surface area contributed by atoms with E-state index in [2.05, 4.69) is 44.9 Å². The summed E-state index contributed by atoms with van der Waals surface area (Å²) in [6, 6.07) is 4.40. The summed E-state index contributed by atoms with van der Waals surface area (Å²) in [5.41, 5.74) is 5.56. The second-order valence-corrected chi connectivity index (χ2v) is 4.22. The molecule has 0 saturated heterocycles. The molecular formula is C13H21NO. The lowest BCUT2D eigenvalue weighted by Crippen LogP contribution is -2.20. The number of hydrogen-bond donors (Lipinski definition) is 0. The molecule has 0 radical (unpaired) electrons. The van der Waals surface area contributed by atoms with Crippen molar-refractivity contribution < 1.29 is 4.74 Å². The fourth-order valence-electron chi connectivity index (χ4n) is 1.74. The predicted octanol–water partition coefficient (Wildman–Crippen LogP) is 2.65. The monoisotopic (exact) mass is 207 g/mol. The molecule has 0 aromatic heterocycles. The Labute approximate surface area is 92.9 Å². The van der Waals surface area contributed by atoms with Gasteiger partial charge in [0, 0.05) is 13.7 Å². The van der Waals surface area contributed by atoms with Gasteiger partial charge in [0.15, 0.2) is 0 Å². The molecule has 0 unspecified atom stereocenters. The first-order valence-electron chi connectivity index (χ1n) is 5.29. The van der Waals surface area contributed by atoms with Gasteiger partial charge in [0.25, 0.3) is 0 Å². The van der Waals surface area contributed by atoms with Gasteiger partial charge in [-0.1, -0.05) is 12.1 Å². The van der Waals surface area contributed by atoms with Crippen LogP contribution in [0.2, 0.25) is 0 Å². The number of hydrogen-bond acceptors (Lipinski definition) is 2. The minimum absolute atomic E-state index is 0.673. The second kappa shape index (κ2) is 5.29. The summed E-state index contributed by atoms with van der Waals surface area (Å²) in [4.78, 5) is 2.16. The summed E-state index contributed by atoms with van der Waals surface area (Å²) in [5.74, 6) is 0. The molecule has 0 heterocycles. The first-order chi connectivity index (χ1) is 7.06. The third-order valence-electron chi connectivity index (χ3n) is 2.96. The van der Waals surface area contributed by atoms with E-state index in [1.807, 2.05) is 0 Å². The lowest BCUT2D eigenvalue weighted by atomic mass is 9.99. The van der Waals surface area contributed by atoms with E-state index in [0.29, 0.717) is 6.73 Å². The molecule has 0 bridgehead atoms. The van der Waals surface area contributed by atoms with Crippen LogP contribution in [0.5, 0.6) is 0 Å². The van der Waals surface area contributed by atoms with Gasteiger partial charge in [0.1, 0.15) is 0 Å². The number of methoxy groups -OCH3 is 1. The van der Waals surface area contributed by atoms with Crippen molar-refractivity contribution in [1.29, 1.82) is 0 Å². The number of rotatable bonds is 4. The number of benzene rings is 1. The number of ether oxygens (including phenoxy) is 1. The first kappa shape index (κ1) is 12.2. The van der Waals surface area contributed by atoms with Crippen molar-refractivity contribution in [1.82, 2.24) is 4.90 Å². The van der Waals surface area contributed by atoms with Crippen molar-refractivity contribution in [2.75, 3.05) is 20.9 Å². The molecule has 0 amide bonds. The SMILES string of the molecule is COCN(C)Cc1ccc(C)c(C)c1C. The Morgan fingerprint density at radius 1 is 1.13 bits per heavy atom. The normalized spacial score (nSPS) is 11.1.